The summed E-state index contributed by atoms with van der Waals surface area (Å²) in [5.41, 5.74) is 0. The van der Waals surface area contributed by atoms with Gasteiger partial charge in [0.25, 0.3) is 0 Å². The monoisotopic (exact) mass is 319 g/mol. The summed E-state index contributed by atoms with van der Waals surface area (Å²) < 4.78 is 2.20. The molecule has 3 heterocycles. The van der Waals surface area contributed by atoms with Gasteiger partial charge >= 0.3 is 0 Å². The smallest absolute Gasteiger partial charge is 0.239 e. The summed E-state index contributed by atoms with van der Waals surface area (Å²) >= 11 is 0. The molecule has 1 atom stereocenters. The lowest BCUT2D eigenvalue weighted by Gasteiger charge is -2.38. The van der Waals surface area contributed by atoms with E-state index in [9.17, 15) is 4.79 Å². The molecule has 1 aromatic heterocycles. The second-order valence-corrected chi connectivity index (χ2v) is 6.65. The fraction of sp³-hybridized carbons (Fsp3) is 0.765. The molecule has 23 heavy (non-hydrogen) atoms. The van der Waals surface area contributed by atoms with Crippen molar-refractivity contribution >= 4 is 5.91 Å². The Morgan fingerprint density at radius 1 is 1.17 bits per heavy atom. The molecule has 0 bridgehead atoms. The van der Waals surface area contributed by atoms with Crippen molar-refractivity contribution in [3.63, 3.8) is 0 Å². The molecule has 2 saturated heterocycles. The first-order chi connectivity index (χ1) is 11.2. The molecule has 0 N–H and O–H groups in total. The van der Waals surface area contributed by atoms with E-state index in [1.807, 2.05) is 17.3 Å². The Bertz CT molecular complexity index is 515. The molecule has 0 spiro atoms. The van der Waals surface area contributed by atoms with Crippen molar-refractivity contribution in [1.82, 2.24) is 24.3 Å². The highest BCUT2D eigenvalue weighted by Gasteiger charge is 2.30. The van der Waals surface area contributed by atoms with Crippen molar-refractivity contribution in [2.75, 3.05) is 39.3 Å². The number of nitrogens with zero attached hydrogens (tertiary/aromatic N) is 5. The van der Waals surface area contributed by atoms with Gasteiger partial charge in [0.05, 0.1) is 12.6 Å². The molecule has 2 aliphatic heterocycles. The highest BCUT2D eigenvalue weighted by molar-refractivity contribution is 5.81. The fourth-order valence-corrected chi connectivity index (χ4v) is 3.65. The maximum absolute atomic E-state index is 12.5. The van der Waals surface area contributed by atoms with E-state index in [1.165, 1.54) is 0 Å². The van der Waals surface area contributed by atoms with E-state index in [1.54, 1.807) is 0 Å². The van der Waals surface area contributed by atoms with Crippen LogP contribution in [0.3, 0.4) is 0 Å². The molecule has 2 fully saturated rings. The van der Waals surface area contributed by atoms with Crippen LogP contribution in [0.15, 0.2) is 12.4 Å². The second kappa shape index (κ2) is 7.45. The van der Waals surface area contributed by atoms with Gasteiger partial charge in [-0.15, -0.1) is 0 Å². The lowest BCUT2D eigenvalue weighted by Crippen LogP contribution is -2.54. The Morgan fingerprint density at radius 3 is 2.52 bits per heavy atom. The SMILES string of the molecule is CCn1ccnc1CN1CCN([C@H](C)C(=O)N2CCCC2)CC1. The van der Waals surface area contributed by atoms with Gasteiger partial charge in [0.15, 0.2) is 0 Å². The Kier molecular flexibility index (Phi) is 5.33. The van der Waals surface area contributed by atoms with Crippen LogP contribution in [-0.2, 0) is 17.9 Å². The van der Waals surface area contributed by atoms with Gasteiger partial charge in [0.1, 0.15) is 5.82 Å². The Hall–Kier alpha value is -1.40. The van der Waals surface area contributed by atoms with Crippen molar-refractivity contribution in [3.8, 4) is 0 Å². The van der Waals surface area contributed by atoms with E-state index >= 15 is 0 Å². The van der Waals surface area contributed by atoms with E-state index in [2.05, 4.69) is 33.2 Å². The highest BCUT2D eigenvalue weighted by atomic mass is 16.2. The van der Waals surface area contributed by atoms with Gasteiger partial charge in [-0.05, 0) is 26.7 Å². The van der Waals surface area contributed by atoms with Crippen molar-refractivity contribution in [2.45, 2.75) is 45.8 Å². The number of aromatic nitrogens is 2. The number of imidazole rings is 1. The number of carbonyl (C=O) groups excluding carboxylic acids is 1. The molecule has 3 rings (SSSR count). The van der Waals surface area contributed by atoms with E-state index in [4.69, 9.17) is 0 Å². The van der Waals surface area contributed by atoms with Gasteiger partial charge < -0.3 is 9.47 Å². The average Bonchev–Trinajstić information content (AvgIpc) is 3.25. The van der Waals surface area contributed by atoms with Gasteiger partial charge in [0, 0.05) is 58.2 Å². The highest BCUT2D eigenvalue weighted by Crippen LogP contribution is 2.14. The standard InChI is InChI=1S/C17H29N5O/c1-3-20-9-6-18-16(20)14-19-10-12-21(13-11-19)15(2)17(23)22-7-4-5-8-22/h6,9,15H,3-5,7-8,10-14H2,1-2H3/t15-/m1/s1. The maximum Gasteiger partial charge on any atom is 0.239 e. The van der Waals surface area contributed by atoms with Crippen molar-refractivity contribution in [1.29, 1.82) is 0 Å². The predicted molar refractivity (Wildman–Crippen MR) is 90.0 cm³/mol. The molecule has 0 unspecified atom stereocenters. The van der Waals surface area contributed by atoms with Crippen molar-refractivity contribution in [3.05, 3.63) is 18.2 Å². The van der Waals surface area contributed by atoms with Crippen LogP contribution in [0.2, 0.25) is 0 Å². The Balaban J connectivity index is 1.49. The number of likely N-dealkylation sites (tertiary alicyclic amines) is 1. The summed E-state index contributed by atoms with van der Waals surface area (Å²) in [6, 6.07) is 0.0212. The number of hydrogen-bond donors (Lipinski definition) is 0. The first-order valence-corrected chi connectivity index (χ1v) is 8.94. The molecule has 6 nitrogen and oxygen atoms in total. The molecule has 0 aliphatic carbocycles. The topological polar surface area (TPSA) is 44.6 Å². The van der Waals surface area contributed by atoms with Crippen LogP contribution in [-0.4, -0.2) is 75.5 Å². The van der Waals surface area contributed by atoms with Crippen LogP contribution < -0.4 is 0 Å². The van der Waals surface area contributed by atoms with Gasteiger partial charge in [0.2, 0.25) is 5.91 Å². The minimum atomic E-state index is 0.0212. The van der Waals surface area contributed by atoms with Crippen LogP contribution in [0.1, 0.15) is 32.5 Å². The third kappa shape index (κ3) is 3.75. The number of rotatable bonds is 5. The van der Waals surface area contributed by atoms with E-state index < -0.39 is 0 Å². The maximum atomic E-state index is 12.5. The molecule has 0 radical (unpaired) electrons. The van der Waals surface area contributed by atoms with E-state index in [-0.39, 0.29) is 6.04 Å². The summed E-state index contributed by atoms with van der Waals surface area (Å²) in [4.78, 5) is 23.8. The quantitative estimate of drug-likeness (QED) is 0.813. The third-order valence-corrected chi connectivity index (χ3v) is 5.24. The lowest BCUT2D eigenvalue weighted by molar-refractivity contribution is -0.136. The normalized spacial score (nSPS) is 21.7. The fourth-order valence-electron chi connectivity index (χ4n) is 3.65. The number of piperazine rings is 1. The molecule has 0 aromatic carbocycles. The number of hydrogen-bond acceptors (Lipinski definition) is 4. The Morgan fingerprint density at radius 2 is 1.87 bits per heavy atom. The van der Waals surface area contributed by atoms with Crippen LogP contribution in [0.25, 0.3) is 0 Å². The Labute approximate surface area is 139 Å². The third-order valence-electron chi connectivity index (χ3n) is 5.24. The minimum absolute atomic E-state index is 0.0212. The summed E-state index contributed by atoms with van der Waals surface area (Å²) in [5, 5.41) is 0. The molecule has 128 valence electrons. The summed E-state index contributed by atoms with van der Waals surface area (Å²) in [7, 11) is 0. The largest absolute Gasteiger partial charge is 0.341 e. The molecule has 1 amide bonds. The van der Waals surface area contributed by atoms with Crippen LogP contribution in [0, 0.1) is 0 Å². The summed E-state index contributed by atoms with van der Waals surface area (Å²) in [6.07, 6.45) is 6.25. The van der Waals surface area contributed by atoms with Gasteiger partial charge in [-0.3, -0.25) is 14.6 Å². The molecule has 6 heteroatoms. The molecule has 0 saturated carbocycles. The van der Waals surface area contributed by atoms with Gasteiger partial charge in [-0.2, -0.15) is 0 Å². The van der Waals surface area contributed by atoms with E-state index in [0.717, 1.165) is 71.0 Å². The first kappa shape index (κ1) is 16.5. The summed E-state index contributed by atoms with van der Waals surface area (Å²) in [6.45, 7) is 11.9. The van der Waals surface area contributed by atoms with Gasteiger partial charge in [-0.25, -0.2) is 4.98 Å². The molecular weight excluding hydrogens is 290 g/mol. The zero-order chi connectivity index (χ0) is 16.2. The van der Waals surface area contributed by atoms with Crippen molar-refractivity contribution in [2.24, 2.45) is 0 Å². The zero-order valence-corrected chi connectivity index (χ0v) is 14.4. The first-order valence-electron chi connectivity index (χ1n) is 8.94. The zero-order valence-electron chi connectivity index (χ0n) is 14.4. The second-order valence-electron chi connectivity index (χ2n) is 6.65. The number of amides is 1. The van der Waals surface area contributed by atoms with Gasteiger partial charge in [-0.1, -0.05) is 0 Å². The van der Waals surface area contributed by atoms with Crippen LogP contribution in [0.5, 0.6) is 0 Å². The number of carbonyl (C=O) groups is 1. The average molecular weight is 319 g/mol. The number of aryl methyl sites for hydroxylation is 1. The molecular formula is C17H29N5O. The lowest BCUT2D eigenvalue weighted by atomic mass is 10.2. The van der Waals surface area contributed by atoms with Crippen LogP contribution in [0.4, 0.5) is 0 Å². The van der Waals surface area contributed by atoms with Crippen molar-refractivity contribution < 1.29 is 4.79 Å². The minimum Gasteiger partial charge on any atom is -0.341 e. The van der Waals surface area contributed by atoms with E-state index in [0.29, 0.717) is 5.91 Å². The molecule has 1 aromatic rings. The predicted octanol–water partition coefficient (Wildman–Crippen LogP) is 1.03. The molecule has 2 aliphatic rings. The summed E-state index contributed by atoms with van der Waals surface area (Å²) in [5.74, 6) is 1.46. The van der Waals surface area contributed by atoms with Crippen LogP contribution >= 0.6 is 0 Å².